The van der Waals surface area contributed by atoms with Gasteiger partial charge in [0.2, 0.25) is 0 Å². The van der Waals surface area contributed by atoms with Gasteiger partial charge in [-0.25, -0.2) is 29.8 Å². The Morgan fingerprint density at radius 1 is 0.808 bits per heavy atom. The van der Waals surface area contributed by atoms with E-state index < -0.39 is 20.0 Å². The Hall–Kier alpha value is -2.91. The summed E-state index contributed by atoms with van der Waals surface area (Å²) in [4.78, 5) is 3.73. The predicted octanol–water partition coefficient (Wildman–Crippen LogP) is 2.31. The molecule has 0 radical (unpaired) electrons. The molecule has 0 aliphatic rings. The molecule has 2 heterocycles. The zero-order valence-electron chi connectivity index (χ0n) is 13.3. The van der Waals surface area contributed by atoms with Crippen LogP contribution in [0.2, 0.25) is 0 Å². The lowest BCUT2D eigenvalue weighted by Gasteiger charge is -2.07. The van der Waals surface area contributed by atoms with Crippen LogP contribution >= 0.6 is 0 Å². The van der Waals surface area contributed by atoms with E-state index in [0.717, 1.165) is 20.5 Å². The Labute approximate surface area is 150 Å². The normalized spacial score (nSPS) is 12.5. The smallest absolute Gasteiger partial charge is 0.244 e. The van der Waals surface area contributed by atoms with E-state index in [1.165, 1.54) is 24.5 Å². The first kappa shape index (κ1) is 16.6. The molecule has 4 rings (SSSR count). The number of hydrogen-bond donors (Lipinski definition) is 0. The van der Waals surface area contributed by atoms with Gasteiger partial charge in [-0.2, -0.15) is 0 Å². The van der Waals surface area contributed by atoms with E-state index in [-0.39, 0.29) is 15.3 Å². The molecule has 0 atom stereocenters. The van der Waals surface area contributed by atoms with E-state index in [2.05, 4.69) is 4.98 Å². The molecular weight excluding hydrogens is 374 g/mol. The van der Waals surface area contributed by atoms with Crippen LogP contribution < -0.4 is 0 Å². The van der Waals surface area contributed by atoms with E-state index >= 15 is 0 Å². The van der Waals surface area contributed by atoms with Crippen molar-refractivity contribution < 1.29 is 16.8 Å². The lowest BCUT2D eigenvalue weighted by molar-refractivity contribution is 0.587. The summed E-state index contributed by atoms with van der Waals surface area (Å²) in [6.07, 6.45) is 4.94. The Bertz CT molecular complexity index is 1290. The minimum Gasteiger partial charge on any atom is -0.244 e. The Morgan fingerprint density at radius 2 is 1.50 bits per heavy atom. The van der Waals surface area contributed by atoms with Gasteiger partial charge in [0, 0.05) is 24.0 Å². The minimum atomic E-state index is -3.97. The first-order valence-corrected chi connectivity index (χ1v) is 10.4. The molecule has 7 nitrogen and oxygen atoms in total. The van der Waals surface area contributed by atoms with Gasteiger partial charge in [0.1, 0.15) is 11.2 Å². The van der Waals surface area contributed by atoms with Crippen LogP contribution in [0, 0.1) is 0 Å². The summed E-state index contributed by atoms with van der Waals surface area (Å²) in [6.45, 7) is 0. The molecule has 2 aromatic carbocycles. The second-order valence-corrected chi connectivity index (χ2v) is 9.15. The van der Waals surface area contributed by atoms with Crippen molar-refractivity contribution >= 4 is 30.9 Å². The van der Waals surface area contributed by atoms with Crippen molar-refractivity contribution in [1.29, 1.82) is 0 Å². The number of aromatic nitrogens is 3. The summed E-state index contributed by atoms with van der Waals surface area (Å²) >= 11 is 0. The third-order valence-corrected chi connectivity index (χ3v) is 7.32. The second-order valence-electron chi connectivity index (χ2n) is 5.52. The number of imidazole rings is 1. The second kappa shape index (κ2) is 5.82. The third kappa shape index (κ3) is 2.44. The Kier molecular flexibility index (Phi) is 3.70. The molecule has 9 heteroatoms. The lowest BCUT2D eigenvalue weighted by Crippen LogP contribution is -2.13. The van der Waals surface area contributed by atoms with E-state index in [1.807, 2.05) is 0 Å². The molecular formula is C17H13N3O4S2. The van der Waals surface area contributed by atoms with Gasteiger partial charge in [-0.3, -0.25) is 0 Å². The van der Waals surface area contributed by atoms with Crippen LogP contribution in [0.15, 0.2) is 89.3 Å². The molecule has 0 saturated carbocycles. The average molecular weight is 387 g/mol. The molecule has 0 saturated heterocycles. The molecule has 26 heavy (non-hydrogen) atoms. The fraction of sp³-hybridized carbons (Fsp3) is 0. The van der Waals surface area contributed by atoms with Crippen molar-refractivity contribution in [2.45, 2.75) is 9.79 Å². The van der Waals surface area contributed by atoms with Gasteiger partial charge < -0.3 is 0 Å². The highest BCUT2D eigenvalue weighted by molar-refractivity contribution is 7.91. The van der Waals surface area contributed by atoms with Gasteiger partial charge in [0.15, 0.2) is 0 Å². The number of rotatable bonds is 4. The van der Waals surface area contributed by atoms with Crippen molar-refractivity contribution in [3.8, 4) is 0 Å². The summed E-state index contributed by atoms with van der Waals surface area (Å²) < 4.78 is 53.8. The average Bonchev–Trinajstić information content (AvgIpc) is 3.31. The highest BCUT2D eigenvalue weighted by Gasteiger charge is 2.27. The molecule has 0 amide bonds. The van der Waals surface area contributed by atoms with Crippen molar-refractivity contribution in [3.05, 3.63) is 79.5 Å². The first-order chi connectivity index (χ1) is 12.4. The largest absolute Gasteiger partial charge is 0.271 e. The van der Waals surface area contributed by atoms with Crippen molar-refractivity contribution in [3.63, 3.8) is 0 Å². The molecule has 0 bridgehead atoms. The van der Waals surface area contributed by atoms with Crippen LogP contribution in [-0.4, -0.2) is 29.8 Å². The molecule has 0 aliphatic carbocycles. The maximum atomic E-state index is 13.0. The van der Waals surface area contributed by atoms with Gasteiger partial charge in [0.25, 0.3) is 20.0 Å². The highest BCUT2D eigenvalue weighted by atomic mass is 32.2. The van der Waals surface area contributed by atoms with Gasteiger partial charge in [0.05, 0.1) is 10.4 Å². The molecule has 0 spiro atoms. The van der Waals surface area contributed by atoms with Crippen LogP contribution in [0.4, 0.5) is 0 Å². The summed E-state index contributed by atoms with van der Waals surface area (Å²) in [6, 6.07) is 14.3. The van der Waals surface area contributed by atoms with Crippen LogP contribution in [0.1, 0.15) is 0 Å². The maximum Gasteiger partial charge on any atom is 0.271 e. The van der Waals surface area contributed by atoms with Gasteiger partial charge in [-0.05, 0) is 18.2 Å². The fourth-order valence-corrected chi connectivity index (χ4v) is 5.50. The fourth-order valence-electron chi connectivity index (χ4n) is 2.73. The number of para-hydroxylation sites is 1. The Morgan fingerprint density at radius 3 is 2.19 bits per heavy atom. The quantitative estimate of drug-likeness (QED) is 0.536. The number of hydrogen-bond acceptors (Lipinski definition) is 5. The zero-order chi connectivity index (χ0) is 18.4. The molecule has 0 fully saturated rings. The van der Waals surface area contributed by atoms with E-state index in [9.17, 15) is 16.8 Å². The zero-order valence-corrected chi connectivity index (χ0v) is 14.9. The standard InChI is InChI=1S/C17H13N3O4S2/c21-25(22,14-6-2-1-3-7-14)20-12-17(15-8-4-5-9-16(15)20)26(23,24)19-11-10-18-13-19/h1-13H. The molecule has 2 aromatic heterocycles. The highest BCUT2D eigenvalue weighted by Crippen LogP contribution is 2.30. The Balaban J connectivity index is 2.03. The number of nitrogens with zero attached hydrogens (tertiary/aromatic N) is 3. The van der Waals surface area contributed by atoms with E-state index in [1.54, 1.807) is 42.5 Å². The van der Waals surface area contributed by atoms with Crippen LogP contribution in [0.25, 0.3) is 10.9 Å². The molecule has 4 aromatic rings. The van der Waals surface area contributed by atoms with Gasteiger partial charge in [-0.15, -0.1) is 0 Å². The summed E-state index contributed by atoms with van der Waals surface area (Å²) in [5, 5.41) is 0.320. The van der Waals surface area contributed by atoms with Crippen LogP contribution in [0.5, 0.6) is 0 Å². The van der Waals surface area contributed by atoms with Crippen molar-refractivity contribution in [2.75, 3.05) is 0 Å². The van der Waals surface area contributed by atoms with Crippen LogP contribution in [0.3, 0.4) is 0 Å². The van der Waals surface area contributed by atoms with Gasteiger partial charge >= 0.3 is 0 Å². The van der Waals surface area contributed by atoms with Crippen LogP contribution in [-0.2, 0) is 20.0 Å². The number of benzene rings is 2. The topological polar surface area (TPSA) is 91.0 Å². The summed E-state index contributed by atoms with van der Waals surface area (Å²) in [5.41, 5.74) is 0.287. The summed E-state index contributed by atoms with van der Waals surface area (Å²) in [7, 11) is -7.92. The minimum absolute atomic E-state index is 0.0762. The molecule has 0 unspecified atom stereocenters. The van der Waals surface area contributed by atoms with E-state index in [4.69, 9.17) is 0 Å². The van der Waals surface area contributed by atoms with E-state index in [0.29, 0.717) is 5.39 Å². The SMILES string of the molecule is O=S(=O)(c1cn(S(=O)(=O)c2ccccc2)c2ccccc12)n1ccnc1. The van der Waals surface area contributed by atoms with Gasteiger partial charge in [-0.1, -0.05) is 36.4 Å². The lowest BCUT2D eigenvalue weighted by atomic mass is 10.2. The molecule has 132 valence electrons. The third-order valence-electron chi connectivity index (χ3n) is 3.98. The monoisotopic (exact) mass is 387 g/mol. The number of fused-ring (bicyclic) bond motifs is 1. The van der Waals surface area contributed by atoms with Crippen molar-refractivity contribution in [1.82, 2.24) is 12.9 Å². The molecule has 0 aliphatic heterocycles. The maximum absolute atomic E-state index is 13.0. The first-order valence-electron chi connectivity index (χ1n) is 7.56. The summed E-state index contributed by atoms with van der Waals surface area (Å²) in [5.74, 6) is 0. The van der Waals surface area contributed by atoms with Crippen molar-refractivity contribution in [2.24, 2.45) is 0 Å². The molecule has 0 N–H and O–H groups in total. The predicted molar refractivity (Wildman–Crippen MR) is 95.8 cm³/mol.